The van der Waals surface area contributed by atoms with Gasteiger partial charge in [-0.2, -0.15) is 0 Å². The molecule has 0 spiro atoms. The van der Waals surface area contributed by atoms with Gasteiger partial charge in [-0.15, -0.1) is 11.6 Å². The minimum atomic E-state index is 0.507. The third-order valence-electron chi connectivity index (χ3n) is 2.57. The topological polar surface area (TPSA) is 25.4 Å². The molecule has 0 N–H and O–H groups in total. The van der Waals surface area contributed by atoms with Crippen molar-refractivity contribution in [2.45, 2.75) is 32.1 Å². The maximum atomic E-state index is 5.88. The fraction of sp³-hybridized carbons (Fsp3) is 0.643. The highest BCUT2D eigenvalue weighted by Gasteiger charge is 2.03. The smallest absolute Gasteiger partial charge is 0.213 e. The molecule has 1 rings (SSSR count). The Labute approximate surface area is 115 Å². The third-order valence-corrected chi connectivity index (χ3v) is 2.88. The summed E-state index contributed by atoms with van der Waals surface area (Å²) < 4.78 is 5.69. The monoisotopic (exact) mass is 270 g/mol. The van der Waals surface area contributed by atoms with Crippen LogP contribution in [-0.2, 0) is 12.3 Å². The van der Waals surface area contributed by atoms with Gasteiger partial charge in [-0.3, -0.25) is 0 Å². The zero-order valence-electron chi connectivity index (χ0n) is 11.6. The summed E-state index contributed by atoms with van der Waals surface area (Å²) in [5.74, 6) is 1.21. The second-order valence-corrected chi connectivity index (χ2v) is 4.96. The number of ether oxygens (including phenoxy) is 1. The highest BCUT2D eigenvalue weighted by molar-refractivity contribution is 6.17. The SMILES string of the molecule is CCCc1cc(CCl)cc(OCCCN(C)C)n1. The highest BCUT2D eigenvalue weighted by Crippen LogP contribution is 2.16. The molecule has 0 bridgehead atoms. The minimum absolute atomic E-state index is 0.507. The van der Waals surface area contributed by atoms with E-state index in [2.05, 4.69) is 37.0 Å². The quantitative estimate of drug-likeness (QED) is 0.536. The number of aromatic nitrogens is 1. The molecule has 0 aliphatic rings. The van der Waals surface area contributed by atoms with Crippen LogP contribution in [0.1, 0.15) is 31.0 Å². The summed E-state index contributed by atoms with van der Waals surface area (Å²) in [6, 6.07) is 3.99. The van der Waals surface area contributed by atoms with E-state index in [9.17, 15) is 0 Å². The standard InChI is InChI=1S/C14H23ClN2O/c1-4-6-13-9-12(11-15)10-14(16-13)18-8-5-7-17(2)3/h9-10H,4-8,11H2,1-3H3. The number of alkyl halides is 1. The van der Waals surface area contributed by atoms with Gasteiger partial charge in [-0.25, -0.2) is 4.98 Å². The Bertz CT molecular complexity index is 356. The molecule has 0 radical (unpaired) electrons. The largest absolute Gasteiger partial charge is 0.478 e. The predicted octanol–water partition coefficient (Wildman–Crippen LogP) is 3.10. The summed E-state index contributed by atoms with van der Waals surface area (Å²) in [4.78, 5) is 6.64. The molecule has 0 fully saturated rings. The van der Waals surface area contributed by atoms with Crippen LogP contribution in [0.15, 0.2) is 12.1 Å². The lowest BCUT2D eigenvalue weighted by molar-refractivity contribution is 0.272. The van der Waals surface area contributed by atoms with Crippen LogP contribution in [0.25, 0.3) is 0 Å². The van der Waals surface area contributed by atoms with Crippen molar-refractivity contribution in [3.63, 3.8) is 0 Å². The van der Waals surface area contributed by atoms with Crippen LogP contribution in [0.4, 0.5) is 0 Å². The summed E-state index contributed by atoms with van der Waals surface area (Å²) in [5.41, 5.74) is 2.15. The van der Waals surface area contributed by atoms with Crippen molar-refractivity contribution in [1.29, 1.82) is 0 Å². The van der Waals surface area contributed by atoms with Crippen molar-refractivity contribution >= 4 is 11.6 Å². The lowest BCUT2D eigenvalue weighted by atomic mass is 10.2. The van der Waals surface area contributed by atoms with E-state index in [1.165, 1.54) is 0 Å². The fourth-order valence-electron chi connectivity index (χ4n) is 1.71. The summed E-state index contributed by atoms with van der Waals surface area (Å²) in [7, 11) is 4.12. The Balaban J connectivity index is 2.55. The van der Waals surface area contributed by atoms with Crippen molar-refractivity contribution < 1.29 is 4.74 Å². The molecule has 0 aliphatic carbocycles. The van der Waals surface area contributed by atoms with E-state index in [1.54, 1.807) is 0 Å². The summed E-state index contributed by atoms with van der Waals surface area (Å²) in [6.07, 6.45) is 3.06. The van der Waals surface area contributed by atoms with Crippen molar-refractivity contribution in [3.8, 4) is 5.88 Å². The van der Waals surface area contributed by atoms with Crippen LogP contribution < -0.4 is 4.74 Å². The molecule has 0 saturated heterocycles. The third kappa shape index (κ3) is 5.69. The van der Waals surface area contributed by atoms with Crippen molar-refractivity contribution in [2.24, 2.45) is 0 Å². The maximum Gasteiger partial charge on any atom is 0.213 e. The van der Waals surface area contributed by atoms with Gasteiger partial charge in [0.05, 0.1) is 6.61 Å². The van der Waals surface area contributed by atoms with Crippen LogP contribution in [0.5, 0.6) is 5.88 Å². The number of aryl methyl sites for hydroxylation is 1. The molecule has 4 heteroatoms. The first kappa shape index (κ1) is 15.3. The first-order chi connectivity index (χ1) is 8.65. The molecule has 1 aromatic heterocycles. The van der Waals surface area contributed by atoms with Gasteiger partial charge < -0.3 is 9.64 Å². The molecular weight excluding hydrogens is 248 g/mol. The Kier molecular flexibility index (Phi) is 7.06. The van der Waals surface area contributed by atoms with Crippen molar-refractivity contribution in [2.75, 3.05) is 27.2 Å². The number of hydrogen-bond donors (Lipinski definition) is 0. The molecule has 1 heterocycles. The normalized spacial score (nSPS) is 10.9. The molecule has 0 atom stereocenters. The van der Waals surface area contributed by atoms with E-state index in [1.807, 2.05) is 6.07 Å². The van der Waals surface area contributed by atoms with E-state index in [-0.39, 0.29) is 0 Å². The zero-order valence-corrected chi connectivity index (χ0v) is 12.3. The summed E-state index contributed by atoms with van der Waals surface area (Å²) >= 11 is 5.88. The number of nitrogens with zero attached hydrogens (tertiary/aromatic N) is 2. The van der Waals surface area contributed by atoms with Gasteiger partial charge >= 0.3 is 0 Å². The molecule has 18 heavy (non-hydrogen) atoms. The lowest BCUT2D eigenvalue weighted by Gasteiger charge is -2.11. The van der Waals surface area contributed by atoms with Gasteiger partial charge in [0, 0.05) is 24.2 Å². The Hall–Kier alpha value is -0.800. The van der Waals surface area contributed by atoms with Gasteiger partial charge in [0.15, 0.2) is 0 Å². The van der Waals surface area contributed by atoms with Gasteiger partial charge in [-0.05, 0) is 38.6 Å². The first-order valence-electron chi connectivity index (χ1n) is 6.49. The average molecular weight is 271 g/mol. The number of hydrogen-bond acceptors (Lipinski definition) is 3. The molecule has 0 aromatic carbocycles. The lowest BCUT2D eigenvalue weighted by Crippen LogP contribution is -2.15. The van der Waals surface area contributed by atoms with Crippen LogP contribution in [0.2, 0.25) is 0 Å². The highest BCUT2D eigenvalue weighted by atomic mass is 35.5. The van der Waals surface area contributed by atoms with Crippen LogP contribution in [-0.4, -0.2) is 37.1 Å². The molecule has 0 unspecified atom stereocenters. The Morgan fingerprint density at radius 2 is 2.11 bits per heavy atom. The number of rotatable bonds is 8. The molecule has 1 aromatic rings. The Morgan fingerprint density at radius 3 is 2.72 bits per heavy atom. The van der Waals surface area contributed by atoms with E-state index in [4.69, 9.17) is 16.3 Å². The average Bonchev–Trinajstić information content (AvgIpc) is 2.34. The first-order valence-corrected chi connectivity index (χ1v) is 7.02. The molecule has 3 nitrogen and oxygen atoms in total. The molecule has 0 saturated carbocycles. The van der Waals surface area contributed by atoms with E-state index in [0.717, 1.165) is 37.1 Å². The number of halogens is 1. The summed E-state index contributed by atoms with van der Waals surface area (Å²) in [5, 5.41) is 0. The predicted molar refractivity (Wildman–Crippen MR) is 76.5 cm³/mol. The fourth-order valence-corrected chi connectivity index (χ4v) is 1.87. The Morgan fingerprint density at radius 1 is 1.33 bits per heavy atom. The van der Waals surface area contributed by atoms with Crippen molar-refractivity contribution in [1.82, 2.24) is 9.88 Å². The zero-order chi connectivity index (χ0) is 13.4. The van der Waals surface area contributed by atoms with Crippen LogP contribution >= 0.6 is 11.6 Å². The van der Waals surface area contributed by atoms with E-state index >= 15 is 0 Å². The maximum absolute atomic E-state index is 5.88. The second kappa shape index (κ2) is 8.33. The second-order valence-electron chi connectivity index (χ2n) is 4.69. The van der Waals surface area contributed by atoms with Crippen molar-refractivity contribution in [3.05, 3.63) is 23.4 Å². The molecule has 0 amide bonds. The van der Waals surface area contributed by atoms with E-state index in [0.29, 0.717) is 18.4 Å². The molecule has 102 valence electrons. The van der Waals surface area contributed by atoms with Gasteiger partial charge in [-0.1, -0.05) is 13.3 Å². The molecular formula is C14H23ClN2O. The van der Waals surface area contributed by atoms with E-state index < -0.39 is 0 Å². The van der Waals surface area contributed by atoms with Crippen LogP contribution in [0, 0.1) is 0 Å². The molecule has 0 aliphatic heterocycles. The summed E-state index contributed by atoms with van der Waals surface area (Å²) in [6.45, 7) is 3.87. The van der Waals surface area contributed by atoms with Gasteiger partial charge in [0.1, 0.15) is 0 Å². The van der Waals surface area contributed by atoms with Crippen LogP contribution in [0.3, 0.4) is 0 Å². The van der Waals surface area contributed by atoms with Gasteiger partial charge in [0.25, 0.3) is 0 Å². The minimum Gasteiger partial charge on any atom is -0.478 e. The van der Waals surface area contributed by atoms with Gasteiger partial charge in [0.2, 0.25) is 5.88 Å². The number of pyridine rings is 1.